The van der Waals surface area contributed by atoms with Crippen molar-refractivity contribution in [1.82, 2.24) is 0 Å². The Hall–Kier alpha value is -2.24. The number of carbonyl (C=O) groups is 1. The van der Waals surface area contributed by atoms with Crippen molar-refractivity contribution < 1.29 is 23.4 Å². The number of halogens is 1. The quantitative estimate of drug-likeness (QED) is 0.117. The van der Waals surface area contributed by atoms with Crippen LogP contribution in [-0.4, -0.2) is 19.2 Å². The zero-order valence-corrected chi connectivity index (χ0v) is 23.5. The second kappa shape index (κ2) is 17.4. The lowest BCUT2D eigenvalue weighted by atomic mass is 10.0. The van der Waals surface area contributed by atoms with E-state index in [1.165, 1.54) is 88.7 Å². The summed E-state index contributed by atoms with van der Waals surface area (Å²) in [6.07, 6.45) is 16.6. The van der Waals surface area contributed by atoms with E-state index >= 15 is 0 Å². The minimum absolute atomic E-state index is 0.166. The maximum atomic E-state index is 14.9. The first kappa shape index (κ1) is 30.3. The zero-order chi connectivity index (χ0) is 27.0. The SMILES string of the molecule is CCCCCCCCCc1ccc(OC(=O)c2ccc(C3OCC(CCCCCCC)CO3)c(F)c2)cc1. The van der Waals surface area contributed by atoms with Crippen molar-refractivity contribution >= 4 is 5.97 Å². The fourth-order valence-corrected chi connectivity index (χ4v) is 4.95. The van der Waals surface area contributed by atoms with Crippen LogP contribution in [0, 0.1) is 11.7 Å². The summed E-state index contributed by atoms with van der Waals surface area (Å²) in [5.74, 6) is -0.286. The number of carbonyl (C=O) groups excluding carboxylic acids is 1. The van der Waals surface area contributed by atoms with Gasteiger partial charge in [-0.15, -0.1) is 0 Å². The van der Waals surface area contributed by atoms with E-state index in [0.29, 0.717) is 30.4 Å². The molecule has 210 valence electrons. The van der Waals surface area contributed by atoms with Crippen molar-refractivity contribution in [2.45, 2.75) is 110 Å². The van der Waals surface area contributed by atoms with Gasteiger partial charge in [0.1, 0.15) is 11.6 Å². The molecule has 0 atom stereocenters. The van der Waals surface area contributed by atoms with Crippen molar-refractivity contribution in [2.75, 3.05) is 13.2 Å². The Morgan fingerprint density at radius 2 is 1.42 bits per heavy atom. The first-order chi connectivity index (χ1) is 18.6. The summed E-state index contributed by atoms with van der Waals surface area (Å²) in [5, 5.41) is 0. The minimum atomic E-state index is -0.736. The van der Waals surface area contributed by atoms with Crippen LogP contribution >= 0.6 is 0 Å². The molecule has 0 aromatic heterocycles. The molecule has 4 nitrogen and oxygen atoms in total. The lowest BCUT2D eigenvalue weighted by Gasteiger charge is -2.30. The number of aryl methyl sites for hydroxylation is 1. The molecule has 0 bridgehead atoms. The summed E-state index contributed by atoms with van der Waals surface area (Å²) >= 11 is 0. The molecular weight excluding hydrogens is 479 g/mol. The molecule has 1 saturated heterocycles. The van der Waals surface area contributed by atoms with Crippen LogP contribution in [0.25, 0.3) is 0 Å². The van der Waals surface area contributed by atoms with Crippen LogP contribution < -0.4 is 4.74 Å². The summed E-state index contributed by atoms with van der Waals surface area (Å²) in [7, 11) is 0. The van der Waals surface area contributed by atoms with Crippen LogP contribution in [0.15, 0.2) is 42.5 Å². The van der Waals surface area contributed by atoms with Crippen LogP contribution in [0.5, 0.6) is 5.75 Å². The molecule has 0 radical (unpaired) electrons. The van der Waals surface area contributed by atoms with Crippen LogP contribution in [0.4, 0.5) is 4.39 Å². The number of rotatable bonds is 17. The first-order valence-electron chi connectivity index (χ1n) is 14.9. The Balaban J connectivity index is 1.40. The van der Waals surface area contributed by atoms with E-state index in [1.807, 2.05) is 24.3 Å². The normalized spacial score (nSPS) is 17.4. The van der Waals surface area contributed by atoms with Crippen molar-refractivity contribution in [1.29, 1.82) is 0 Å². The second-order valence-corrected chi connectivity index (χ2v) is 10.7. The van der Waals surface area contributed by atoms with Crippen LogP contribution in [0.3, 0.4) is 0 Å². The van der Waals surface area contributed by atoms with E-state index in [2.05, 4.69) is 13.8 Å². The van der Waals surface area contributed by atoms with Gasteiger partial charge >= 0.3 is 5.97 Å². The average Bonchev–Trinajstić information content (AvgIpc) is 2.94. The van der Waals surface area contributed by atoms with E-state index < -0.39 is 18.1 Å². The molecule has 5 heteroatoms. The number of ether oxygens (including phenoxy) is 3. The third-order valence-corrected chi connectivity index (χ3v) is 7.38. The number of hydrogen-bond acceptors (Lipinski definition) is 4. The van der Waals surface area contributed by atoms with Crippen molar-refractivity contribution in [3.63, 3.8) is 0 Å². The fraction of sp³-hybridized carbons (Fsp3) is 0.606. The van der Waals surface area contributed by atoms with Gasteiger partial charge < -0.3 is 14.2 Å². The molecule has 0 aliphatic carbocycles. The maximum absolute atomic E-state index is 14.9. The van der Waals surface area contributed by atoms with Gasteiger partial charge in [-0.3, -0.25) is 0 Å². The van der Waals surface area contributed by atoms with E-state index in [4.69, 9.17) is 14.2 Å². The Labute approximate surface area is 229 Å². The van der Waals surface area contributed by atoms with E-state index in [9.17, 15) is 9.18 Å². The maximum Gasteiger partial charge on any atom is 0.343 e. The molecule has 0 saturated carbocycles. The summed E-state index contributed by atoms with van der Waals surface area (Å²) in [6.45, 7) is 5.59. The van der Waals surface area contributed by atoms with Gasteiger partial charge in [-0.05, 0) is 49.1 Å². The summed E-state index contributed by atoms with van der Waals surface area (Å²) in [5.41, 5.74) is 1.72. The lowest BCUT2D eigenvalue weighted by molar-refractivity contribution is -0.207. The summed E-state index contributed by atoms with van der Waals surface area (Å²) < 4.78 is 32.0. The van der Waals surface area contributed by atoms with Crippen molar-refractivity contribution in [3.8, 4) is 5.75 Å². The fourth-order valence-electron chi connectivity index (χ4n) is 4.95. The molecule has 2 aromatic rings. The van der Waals surface area contributed by atoms with Crippen LogP contribution in [0.1, 0.15) is 125 Å². The monoisotopic (exact) mass is 526 g/mol. The molecule has 2 aromatic carbocycles. The number of benzene rings is 2. The highest BCUT2D eigenvalue weighted by atomic mass is 19.1. The minimum Gasteiger partial charge on any atom is -0.423 e. The summed E-state index contributed by atoms with van der Waals surface area (Å²) in [4.78, 5) is 12.6. The Bertz CT molecular complexity index is 935. The van der Waals surface area contributed by atoms with Crippen molar-refractivity contribution in [2.24, 2.45) is 5.92 Å². The van der Waals surface area contributed by atoms with Gasteiger partial charge in [0.05, 0.1) is 18.8 Å². The standard InChI is InChI=1S/C33H47FO4/c1-3-5-7-9-10-12-13-15-26-17-20-29(21-18-26)38-32(35)28-19-22-30(31(34)23-28)33-36-24-27(25-37-33)16-14-11-8-6-4-2/h17-23,27,33H,3-16,24-25H2,1-2H3. The molecular formula is C33H47FO4. The third kappa shape index (κ3) is 10.5. The number of unbranched alkanes of at least 4 members (excludes halogenated alkanes) is 10. The Kier molecular flexibility index (Phi) is 13.9. The molecule has 38 heavy (non-hydrogen) atoms. The lowest BCUT2D eigenvalue weighted by Crippen LogP contribution is -2.27. The van der Waals surface area contributed by atoms with E-state index in [0.717, 1.165) is 12.8 Å². The predicted molar refractivity (Wildman–Crippen MR) is 151 cm³/mol. The number of hydrogen-bond donors (Lipinski definition) is 0. The summed E-state index contributed by atoms with van der Waals surface area (Å²) in [6, 6.07) is 12.0. The van der Waals surface area contributed by atoms with Gasteiger partial charge in [-0.25, -0.2) is 9.18 Å². The topological polar surface area (TPSA) is 44.8 Å². The van der Waals surface area contributed by atoms with Crippen LogP contribution in [0.2, 0.25) is 0 Å². The molecule has 1 heterocycles. The molecule has 0 spiro atoms. The van der Waals surface area contributed by atoms with Crippen LogP contribution in [-0.2, 0) is 15.9 Å². The van der Waals surface area contributed by atoms with Gasteiger partial charge in [0, 0.05) is 11.5 Å². The molecule has 0 N–H and O–H groups in total. The molecule has 0 unspecified atom stereocenters. The van der Waals surface area contributed by atoms with Gasteiger partial charge in [-0.2, -0.15) is 0 Å². The highest BCUT2D eigenvalue weighted by molar-refractivity contribution is 5.91. The van der Waals surface area contributed by atoms with Gasteiger partial charge in [0.15, 0.2) is 6.29 Å². The highest BCUT2D eigenvalue weighted by Crippen LogP contribution is 2.29. The predicted octanol–water partition coefficient (Wildman–Crippen LogP) is 9.36. The van der Waals surface area contributed by atoms with Gasteiger partial charge in [0.25, 0.3) is 0 Å². The molecule has 1 aliphatic rings. The van der Waals surface area contributed by atoms with E-state index in [1.54, 1.807) is 12.1 Å². The second-order valence-electron chi connectivity index (χ2n) is 10.7. The van der Waals surface area contributed by atoms with Gasteiger partial charge in [0.2, 0.25) is 0 Å². The first-order valence-corrected chi connectivity index (χ1v) is 14.9. The van der Waals surface area contributed by atoms with Crippen molar-refractivity contribution in [3.05, 3.63) is 65.0 Å². The Morgan fingerprint density at radius 1 is 0.816 bits per heavy atom. The highest BCUT2D eigenvalue weighted by Gasteiger charge is 2.26. The molecule has 3 rings (SSSR count). The van der Waals surface area contributed by atoms with Gasteiger partial charge in [-0.1, -0.05) is 103 Å². The average molecular weight is 527 g/mol. The Morgan fingerprint density at radius 3 is 2.05 bits per heavy atom. The zero-order valence-electron chi connectivity index (χ0n) is 23.5. The smallest absolute Gasteiger partial charge is 0.343 e. The number of esters is 1. The molecule has 0 amide bonds. The van der Waals surface area contributed by atoms with E-state index in [-0.39, 0.29) is 5.56 Å². The molecule has 1 aliphatic heterocycles. The molecule has 1 fully saturated rings. The largest absolute Gasteiger partial charge is 0.423 e. The third-order valence-electron chi connectivity index (χ3n) is 7.38.